The normalized spacial score (nSPS) is 19.9. The van der Waals surface area contributed by atoms with E-state index in [1.54, 1.807) is 0 Å². The van der Waals surface area contributed by atoms with Crippen molar-refractivity contribution in [3.63, 3.8) is 0 Å². The summed E-state index contributed by atoms with van der Waals surface area (Å²) in [6, 6.07) is 6.94. The van der Waals surface area contributed by atoms with Crippen LogP contribution in [0.15, 0.2) is 24.3 Å². The van der Waals surface area contributed by atoms with Gasteiger partial charge in [0.25, 0.3) is 5.91 Å². The molecule has 0 bridgehead atoms. The summed E-state index contributed by atoms with van der Waals surface area (Å²) in [7, 11) is 0. The second kappa shape index (κ2) is 9.09. The topological polar surface area (TPSA) is 111 Å². The molecule has 2 fully saturated rings. The van der Waals surface area contributed by atoms with Gasteiger partial charge in [0, 0.05) is 42.3 Å². The molecule has 2 saturated heterocycles. The molecule has 1 atom stereocenters. The largest absolute Gasteiger partial charge is 0.371 e. The lowest BCUT2D eigenvalue weighted by molar-refractivity contribution is -0.136. The third-order valence-corrected chi connectivity index (χ3v) is 7.73. The van der Waals surface area contributed by atoms with Gasteiger partial charge in [0.2, 0.25) is 11.8 Å². The SMILES string of the molecule is Cc1cc(NC(=O)NCc2cc3c(s2)C(=O)N(C2CCC(=O)NC2=O)C3)ccc1N1CCCC1. The van der Waals surface area contributed by atoms with Gasteiger partial charge in [-0.1, -0.05) is 0 Å². The van der Waals surface area contributed by atoms with Crippen LogP contribution in [-0.4, -0.2) is 47.8 Å². The number of carbonyl (C=O) groups is 4. The average molecular weight is 482 g/mol. The number of aryl methyl sites for hydroxylation is 1. The molecule has 0 spiro atoms. The van der Waals surface area contributed by atoms with Crippen molar-refractivity contribution in [2.24, 2.45) is 0 Å². The standard InChI is InChI=1S/C24H27N5O4S/c1-14-10-16(4-5-18(14)28-8-2-3-9-28)26-24(33)25-12-17-11-15-13-29(23(32)21(15)34-17)19-6-7-20(30)27-22(19)31/h4-5,10-11,19H,2-3,6-9,12-13H2,1H3,(H2,25,26,33)(H,27,30,31). The van der Waals surface area contributed by atoms with Crippen LogP contribution in [0.3, 0.4) is 0 Å². The van der Waals surface area contributed by atoms with Gasteiger partial charge >= 0.3 is 6.03 Å². The highest BCUT2D eigenvalue weighted by molar-refractivity contribution is 7.14. The van der Waals surface area contributed by atoms with Gasteiger partial charge in [-0.05, 0) is 61.6 Å². The molecular formula is C24H27N5O4S. The zero-order chi connectivity index (χ0) is 23.8. The fourth-order valence-corrected chi connectivity index (χ4v) is 5.94. The fourth-order valence-electron chi connectivity index (χ4n) is 4.88. The zero-order valence-corrected chi connectivity index (χ0v) is 19.8. The Balaban J connectivity index is 1.15. The molecule has 0 saturated carbocycles. The monoisotopic (exact) mass is 481 g/mol. The molecule has 1 aromatic heterocycles. The summed E-state index contributed by atoms with van der Waals surface area (Å²) in [5, 5.41) is 8.03. The molecule has 10 heteroatoms. The first kappa shape index (κ1) is 22.4. The Bertz CT molecular complexity index is 1170. The lowest BCUT2D eigenvalue weighted by Gasteiger charge is -2.29. The molecule has 0 aliphatic carbocycles. The smallest absolute Gasteiger partial charge is 0.319 e. The third kappa shape index (κ3) is 4.37. The highest BCUT2D eigenvalue weighted by atomic mass is 32.1. The lowest BCUT2D eigenvalue weighted by atomic mass is 10.0. The van der Waals surface area contributed by atoms with E-state index in [9.17, 15) is 19.2 Å². The van der Waals surface area contributed by atoms with E-state index in [2.05, 4.69) is 33.8 Å². The van der Waals surface area contributed by atoms with Crippen LogP contribution in [0, 0.1) is 6.92 Å². The average Bonchev–Trinajstić information content (AvgIpc) is 3.51. The molecule has 2 aromatic rings. The van der Waals surface area contributed by atoms with Gasteiger partial charge in [0.05, 0.1) is 11.4 Å². The highest BCUT2D eigenvalue weighted by Gasteiger charge is 2.40. The number of hydrogen-bond acceptors (Lipinski definition) is 6. The van der Waals surface area contributed by atoms with Crippen LogP contribution in [0.25, 0.3) is 0 Å². The molecular weight excluding hydrogens is 454 g/mol. The predicted octanol–water partition coefficient (Wildman–Crippen LogP) is 2.74. The second-order valence-electron chi connectivity index (χ2n) is 8.97. The van der Waals surface area contributed by atoms with Crippen molar-refractivity contribution >= 4 is 46.5 Å². The summed E-state index contributed by atoms with van der Waals surface area (Å²) in [5.74, 6) is -0.909. The minimum Gasteiger partial charge on any atom is -0.371 e. The van der Waals surface area contributed by atoms with E-state index in [4.69, 9.17) is 0 Å². The van der Waals surface area contributed by atoms with Gasteiger partial charge in [0.15, 0.2) is 0 Å². The highest BCUT2D eigenvalue weighted by Crippen LogP contribution is 2.33. The van der Waals surface area contributed by atoms with Gasteiger partial charge in [-0.2, -0.15) is 0 Å². The molecule has 4 heterocycles. The van der Waals surface area contributed by atoms with Gasteiger partial charge in [0.1, 0.15) is 6.04 Å². The second-order valence-corrected chi connectivity index (χ2v) is 10.1. The van der Waals surface area contributed by atoms with Crippen molar-refractivity contribution in [2.45, 2.75) is 51.7 Å². The number of thiophene rings is 1. The zero-order valence-electron chi connectivity index (χ0n) is 19.0. The Morgan fingerprint density at radius 3 is 2.68 bits per heavy atom. The Labute approximate surface area is 201 Å². The maximum Gasteiger partial charge on any atom is 0.319 e. The molecule has 34 heavy (non-hydrogen) atoms. The maximum atomic E-state index is 12.8. The number of piperidine rings is 1. The van der Waals surface area contributed by atoms with E-state index in [-0.39, 0.29) is 24.3 Å². The molecule has 3 N–H and O–H groups in total. The molecule has 9 nitrogen and oxygen atoms in total. The Morgan fingerprint density at radius 2 is 1.97 bits per heavy atom. The number of nitrogens with zero attached hydrogens (tertiary/aromatic N) is 2. The minimum atomic E-state index is -0.613. The van der Waals surface area contributed by atoms with Crippen LogP contribution >= 0.6 is 11.3 Å². The third-order valence-electron chi connectivity index (χ3n) is 6.57. The van der Waals surface area contributed by atoms with E-state index in [0.717, 1.165) is 34.8 Å². The quantitative estimate of drug-likeness (QED) is 0.569. The molecule has 178 valence electrons. The minimum absolute atomic E-state index is 0.196. The number of fused-ring (bicyclic) bond motifs is 1. The molecule has 1 unspecified atom stereocenters. The van der Waals surface area contributed by atoms with E-state index in [0.29, 0.717) is 24.4 Å². The van der Waals surface area contributed by atoms with E-state index < -0.39 is 11.9 Å². The summed E-state index contributed by atoms with van der Waals surface area (Å²) in [6.07, 6.45) is 3.01. The summed E-state index contributed by atoms with van der Waals surface area (Å²) < 4.78 is 0. The summed E-state index contributed by atoms with van der Waals surface area (Å²) >= 11 is 1.33. The molecule has 3 aliphatic rings. The van der Waals surface area contributed by atoms with Crippen LogP contribution in [-0.2, 0) is 22.7 Å². The first-order chi connectivity index (χ1) is 16.4. The van der Waals surface area contributed by atoms with Crippen molar-refractivity contribution in [1.29, 1.82) is 0 Å². The molecule has 0 radical (unpaired) electrons. The number of hydrogen-bond donors (Lipinski definition) is 3. The Hall–Kier alpha value is -3.40. The first-order valence-electron chi connectivity index (χ1n) is 11.6. The molecule has 1 aromatic carbocycles. The molecule has 5 amide bonds. The van der Waals surface area contributed by atoms with Crippen molar-refractivity contribution in [2.75, 3.05) is 23.3 Å². The van der Waals surface area contributed by atoms with Gasteiger partial charge in [-0.3, -0.25) is 19.7 Å². The van der Waals surface area contributed by atoms with Crippen LogP contribution in [0.5, 0.6) is 0 Å². The van der Waals surface area contributed by atoms with Crippen LogP contribution in [0.1, 0.15) is 51.4 Å². The molecule has 5 rings (SSSR count). The van der Waals surface area contributed by atoms with Crippen LogP contribution < -0.4 is 20.9 Å². The van der Waals surface area contributed by atoms with Crippen LogP contribution in [0.4, 0.5) is 16.2 Å². The summed E-state index contributed by atoms with van der Waals surface area (Å²) in [6.45, 7) is 4.85. The van der Waals surface area contributed by atoms with E-state index in [1.165, 1.54) is 34.8 Å². The lowest BCUT2D eigenvalue weighted by Crippen LogP contribution is -2.52. The summed E-state index contributed by atoms with van der Waals surface area (Å²) in [4.78, 5) is 54.1. The Morgan fingerprint density at radius 1 is 1.18 bits per heavy atom. The van der Waals surface area contributed by atoms with Crippen LogP contribution in [0.2, 0.25) is 0 Å². The number of amides is 5. The first-order valence-corrected chi connectivity index (χ1v) is 12.4. The van der Waals surface area contributed by atoms with Crippen molar-refractivity contribution in [3.8, 4) is 0 Å². The number of imide groups is 1. The summed E-state index contributed by atoms with van der Waals surface area (Å²) in [5.41, 5.74) is 3.94. The van der Waals surface area contributed by atoms with Crippen molar-refractivity contribution < 1.29 is 19.2 Å². The number of urea groups is 1. The number of anilines is 2. The predicted molar refractivity (Wildman–Crippen MR) is 129 cm³/mol. The number of carbonyl (C=O) groups excluding carboxylic acids is 4. The molecule has 3 aliphatic heterocycles. The van der Waals surface area contributed by atoms with E-state index in [1.807, 2.05) is 18.2 Å². The van der Waals surface area contributed by atoms with Crippen molar-refractivity contribution in [3.05, 3.63) is 45.1 Å². The van der Waals surface area contributed by atoms with Crippen molar-refractivity contribution in [1.82, 2.24) is 15.5 Å². The Kier molecular flexibility index (Phi) is 5.99. The number of nitrogens with one attached hydrogen (secondary N) is 3. The fraction of sp³-hybridized carbons (Fsp3) is 0.417. The van der Waals surface area contributed by atoms with Gasteiger partial charge < -0.3 is 20.4 Å². The maximum absolute atomic E-state index is 12.8. The number of benzene rings is 1. The van der Waals surface area contributed by atoms with Gasteiger partial charge in [-0.25, -0.2) is 4.79 Å². The number of rotatable bonds is 5. The van der Waals surface area contributed by atoms with Gasteiger partial charge in [-0.15, -0.1) is 11.3 Å². The van der Waals surface area contributed by atoms with E-state index >= 15 is 0 Å².